The van der Waals surface area contributed by atoms with Crippen LogP contribution in [0.15, 0.2) is 78.9 Å². The number of aliphatic hydroxyl groups excluding tert-OH is 10. The zero-order valence-corrected chi connectivity index (χ0v) is 73.9. The van der Waals surface area contributed by atoms with Gasteiger partial charge >= 0.3 is 28.4 Å². The molecule has 5 fully saturated rings. The van der Waals surface area contributed by atoms with Crippen molar-refractivity contribution in [1.82, 2.24) is 47.8 Å². The van der Waals surface area contributed by atoms with Gasteiger partial charge in [-0.05, 0) is 157 Å². The first kappa shape index (κ1) is 100. The van der Waals surface area contributed by atoms with Gasteiger partial charge in [0.1, 0.15) is 79.5 Å². The van der Waals surface area contributed by atoms with Crippen molar-refractivity contribution in [2.75, 3.05) is 104 Å². The Morgan fingerprint density at radius 1 is 0.415 bits per heavy atom. The van der Waals surface area contributed by atoms with Gasteiger partial charge in [0, 0.05) is 54.9 Å². The number of hydrogen-bond acceptors (Lipinski definition) is 28. The van der Waals surface area contributed by atoms with E-state index in [-0.39, 0.29) is 41.5 Å². The minimum atomic E-state index is -1.35. The van der Waals surface area contributed by atoms with Crippen molar-refractivity contribution in [1.29, 1.82) is 0 Å². The summed E-state index contributed by atoms with van der Waals surface area (Å²) in [5.74, 6) is -0.782. The monoisotopic (exact) mass is 1760 g/mol. The average molecular weight is 1770 g/mol. The van der Waals surface area contributed by atoms with E-state index >= 15 is 0 Å². The number of rotatable bonds is 26. The largest absolute Gasteiger partial charge is 0.479 e. The number of ketones is 2. The Morgan fingerprint density at radius 3 is 1.06 bits per heavy atom. The normalized spacial score (nSPS) is 27.7. The molecule has 0 saturated carbocycles. The molecule has 15 N–H and O–H groups in total. The summed E-state index contributed by atoms with van der Waals surface area (Å²) >= 11 is 0. The first-order chi connectivity index (χ1) is 54.3. The molecule has 0 unspecified atom stereocenters. The first-order valence-corrected chi connectivity index (χ1v) is 53.3. The van der Waals surface area contributed by atoms with Crippen LogP contribution in [0.3, 0.4) is 0 Å². The van der Waals surface area contributed by atoms with Crippen molar-refractivity contribution < 1.29 is 89.1 Å². The lowest BCUT2D eigenvalue weighted by Crippen LogP contribution is -2.39. The molecule has 5 aliphatic heterocycles. The third-order valence-electron chi connectivity index (χ3n) is 19.8. The molecule has 38 nitrogen and oxygen atoms in total. The summed E-state index contributed by atoms with van der Waals surface area (Å²) in [5, 5.41) is 102. The molecule has 5 aromatic heterocycles. The second-order valence-corrected chi connectivity index (χ2v) is 55.5. The molecule has 10 heterocycles. The van der Waals surface area contributed by atoms with Crippen molar-refractivity contribution >= 4 is 77.5 Å². The molecule has 0 radical (unpaired) electrons. The Morgan fingerprint density at radius 2 is 0.720 bits per heavy atom. The third kappa shape index (κ3) is 27.7. The highest BCUT2D eigenvalue weighted by Crippen LogP contribution is 2.44. The summed E-state index contributed by atoms with van der Waals surface area (Å²) in [6, 6.07) is 0. The summed E-state index contributed by atoms with van der Waals surface area (Å²) < 4.78 is 38.7. The van der Waals surface area contributed by atoms with Crippen LogP contribution in [0, 0.1) is 6.92 Å². The van der Waals surface area contributed by atoms with Crippen molar-refractivity contribution in [3.63, 3.8) is 0 Å². The predicted molar refractivity (Wildman–Crippen MR) is 462 cm³/mol. The fourth-order valence-corrected chi connectivity index (χ4v) is 17.8. The van der Waals surface area contributed by atoms with Gasteiger partial charge in [0.25, 0.3) is 27.8 Å². The number of aromatic amines is 5. The molecule has 5 aromatic rings. The lowest BCUT2D eigenvalue weighted by Gasteiger charge is -2.19. The highest BCUT2D eigenvalue weighted by Gasteiger charge is 2.49. The number of carbonyl (C=O) groups is 2. The van der Waals surface area contributed by atoms with E-state index in [1.54, 1.807) is 13.8 Å². The number of nitrogens with zero attached hydrogens (tertiary/aromatic N) is 5. The van der Waals surface area contributed by atoms with Gasteiger partial charge in [0.15, 0.2) is 30.7 Å². The molecule has 0 aliphatic carbocycles. The smallest absolute Gasteiger partial charge is 0.330 e. The fraction of sp³-hybridized carbons (Fsp3) is 0.640. The zero-order valence-electron chi connectivity index (χ0n) is 69.5. The Bertz CT molecular complexity index is 5190. The Hall–Kier alpha value is -6.56. The summed E-state index contributed by atoms with van der Waals surface area (Å²) in [6.07, 6.45) is 13.7. The summed E-state index contributed by atoms with van der Waals surface area (Å²) in [4.78, 5) is 151. The molecule has 5 aliphatic rings. The van der Waals surface area contributed by atoms with Gasteiger partial charge in [-0.3, -0.25) is 76.3 Å². The SMILES string of the molecule is C=P(C)(C)CC[C@H]1O[C@@H](c2c[nH]c(=O)n(C)c2=O)[C@H](O)[C@@H]1O.C=P(C)(C)CC[C@H]1O[C@@H](n2cc(C)c(=O)[nH]c2=O)[C@H](O)[C@@H]1O.C=P(C)(C)CC[C@H]1O[C@@H](n2cc(CC(C)=O)c(=O)[nH]c2=O)[C@H](O)[C@@H]1O.C=P(C)(C)CC[C@H]1O[C@@H](n2cc(CC)c(=O)[nH]c2=O)[C@H](O)[C@@H]1O.C=P(C)(C)CC[C@H]1O[C@@H](n2cc(OCC(C)=O)c(=O)[nH]c2=O)[C@H](O)[C@@H]1O. The van der Waals surface area contributed by atoms with Crippen molar-refractivity contribution in [3.05, 3.63) is 157 Å². The van der Waals surface area contributed by atoms with E-state index in [4.69, 9.17) is 28.4 Å². The molecule has 20 atom stereocenters. The van der Waals surface area contributed by atoms with Gasteiger partial charge in [0.05, 0.1) is 42.3 Å². The van der Waals surface area contributed by atoms with Crippen LogP contribution in [0.2, 0.25) is 0 Å². The van der Waals surface area contributed by atoms with E-state index in [2.05, 4.69) is 110 Å². The van der Waals surface area contributed by atoms with Crippen molar-refractivity contribution in [2.24, 2.45) is 7.05 Å². The van der Waals surface area contributed by atoms with Crippen molar-refractivity contribution in [2.45, 2.75) is 195 Å². The molecule has 10 rings (SSSR count). The van der Waals surface area contributed by atoms with Gasteiger partial charge in [-0.1, -0.05) is 6.92 Å². The minimum absolute atomic E-state index is 0.102. The Labute approximate surface area is 680 Å². The topological polar surface area (TPSA) is 566 Å². The van der Waals surface area contributed by atoms with Crippen LogP contribution < -0.4 is 61.0 Å². The number of nitrogens with one attached hydrogen (secondary N) is 5. The van der Waals surface area contributed by atoms with Crippen LogP contribution in [0.1, 0.15) is 106 Å². The molecule has 118 heavy (non-hydrogen) atoms. The highest BCUT2D eigenvalue weighted by molar-refractivity contribution is 7.73. The lowest BCUT2D eigenvalue weighted by molar-refractivity contribution is -0.119. The van der Waals surface area contributed by atoms with Crippen LogP contribution in [-0.4, -0.2) is 338 Å². The van der Waals surface area contributed by atoms with E-state index in [9.17, 15) is 109 Å². The molecule has 5 saturated heterocycles. The van der Waals surface area contributed by atoms with Crippen LogP contribution >= 0.6 is 34.4 Å². The number of hydrogen-bond donors (Lipinski definition) is 15. The maximum atomic E-state index is 12.1. The minimum Gasteiger partial charge on any atom is -0.479 e. The Balaban J connectivity index is 0.000000229. The zero-order chi connectivity index (χ0) is 89.3. The number of aromatic nitrogens is 10. The standard InChI is InChI=1S/C16H25N2O7P.C16H25N2O6P.C15H25N2O5P.2C14H23N2O5P/c1-9(19)8-24-11-7-18(16(23)17-14(11)22)15-13(21)12(20)10(25-15)5-6-26(2,3)4;1-9(19)7-10-8-18(16(23)17-14(10)22)15-13(21)12(20)11(24-15)5-6-25(2,3)4;1-5-9-8-17(15(21)16-13(9)20)14-12(19)11(18)10(22-14)6-7-23(2,3)4;1-16-13(19)8(7-15-14(16)20)12-11(18)10(17)9(21-12)5-6-22(2,3)4;1-8-7-16(14(20)15-12(8)19)13-11(18)10(17)9(21-13)5-6-22(2,3)4/h7,10,12-13,15,20-21H,2,5-6,8H2,1,3-4H3,(H,17,22,23);8,11-13,15,20-21H,2,5-7H2,1,3-4H3,(H,17,22,23);8,10-12,14,18-19H,2,5-7H2,1,3-4H3,(H,16,20,21);7,9-12,17-18H,2,5-6H2,1,3-4H3,(H,15,20);7,9-11,13,17-18H,2,5-6H2,1,3-4H3,(H,15,19,20)/t10-,12-,13-,15-;11-,12-,13-,15-;10-,11-,12-,14-;9-,10-,11-,12+;9-,10-,11-,13-/m11111/s1. The maximum absolute atomic E-state index is 12.1. The third-order valence-corrected chi connectivity index (χ3v) is 27.2. The van der Waals surface area contributed by atoms with E-state index in [0.29, 0.717) is 49.7 Å². The molecule has 0 aromatic carbocycles. The molecule has 0 spiro atoms. The van der Waals surface area contributed by atoms with E-state index in [0.717, 1.165) is 59.8 Å². The number of Topliss-reactive ketones (excluding diaryl/α,β-unsaturated/α-hetero) is 2. The van der Waals surface area contributed by atoms with Gasteiger partial charge in [-0.15, -0.1) is 65.9 Å². The number of H-pyrrole nitrogens is 5. The number of aliphatic hydroxyl groups is 10. The van der Waals surface area contributed by atoms with Crippen molar-refractivity contribution in [3.8, 4) is 5.75 Å². The van der Waals surface area contributed by atoms with Crippen LogP contribution in [-0.2, 0) is 53.2 Å². The van der Waals surface area contributed by atoms with Crippen LogP contribution in [0.4, 0.5) is 0 Å². The number of aryl methyl sites for hydroxylation is 2. The predicted octanol–water partition coefficient (Wildman–Crippen LogP) is -2.67. The highest BCUT2D eigenvalue weighted by atomic mass is 31.2. The Kier molecular flexibility index (Phi) is 35.3. The molecular formula is C75H121N10O28P5. The molecular weight excluding hydrogens is 1640 g/mol. The summed E-state index contributed by atoms with van der Waals surface area (Å²) in [6.45, 7) is 19.9. The molecule has 0 amide bonds. The quantitative estimate of drug-likeness (QED) is 0.0251. The maximum Gasteiger partial charge on any atom is 0.330 e. The fourth-order valence-electron chi connectivity index (χ4n) is 13.0. The van der Waals surface area contributed by atoms with Crippen LogP contribution in [0.25, 0.3) is 0 Å². The molecule has 664 valence electrons. The summed E-state index contributed by atoms with van der Waals surface area (Å²) in [5.41, 5.74) is -5.35. The second-order valence-electron chi connectivity index (χ2n) is 33.9. The number of ether oxygens (including phenoxy) is 6. The second kappa shape index (κ2) is 41.5. The molecule has 0 bridgehead atoms. The first-order valence-electron chi connectivity index (χ1n) is 38.1. The molecule has 43 heteroatoms. The van der Waals surface area contributed by atoms with Gasteiger partial charge < -0.3 is 84.5 Å². The average Bonchev–Trinajstić information content (AvgIpc) is 1.59. The number of carbonyl (C=O) groups excluding carboxylic acids is 2. The van der Waals surface area contributed by atoms with Crippen LogP contribution in [0.5, 0.6) is 5.75 Å². The van der Waals surface area contributed by atoms with Gasteiger partial charge in [-0.2, -0.15) is 0 Å². The van der Waals surface area contributed by atoms with Gasteiger partial charge in [-0.25, -0.2) is 24.0 Å². The lowest BCUT2D eigenvalue weighted by atomic mass is 10.0. The summed E-state index contributed by atoms with van der Waals surface area (Å²) in [7, 11) is 1.34. The van der Waals surface area contributed by atoms with E-state index in [1.807, 2.05) is 13.3 Å². The van der Waals surface area contributed by atoms with E-state index < -0.39 is 213 Å². The van der Waals surface area contributed by atoms with E-state index in [1.165, 1.54) is 45.7 Å². The van der Waals surface area contributed by atoms with Gasteiger partial charge in [0.2, 0.25) is 5.75 Å².